The van der Waals surface area contributed by atoms with Crippen LogP contribution >= 0.6 is 0 Å². The predicted octanol–water partition coefficient (Wildman–Crippen LogP) is 1.53. The van der Waals surface area contributed by atoms with E-state index in [0.29, 0.717) is 35.4 Å². The number of nitrogens with one attached hydrogen (secondary N) is 2. The predicted molar refractivity (Wildman–Crippen MR) is 103 cm³/mol. The molecule has 0 bridgehead atoms. The summed E-state index contributed by atoms with van der Waals surface area (Å²) in [4.78, 5) is 24.2. The van der Waals surface area contributed by atoms with Gasteiger partial charge in [-0.3, -0.25) is 10.0 Å². The van der Waals surface area contributed by atoms with Gasteiger partial charge in [-0.15, -0.1) is 5.10 Å². The highest BCUT2D eigenvalue weighted by molar-refractivity contribution is 5.93. The Labute approximate surface area is 164 Å². The van der Waals surface area contributed by atoms with Gasteiger partial charge in [-0.2, -0.15) is 19.5 Å². The zero-order valence-corrected chi connectivity index (χ0v) is 15.2. The van der Waals surface area contributed by atoms with Gasteiger partial charge >= 0.3 is 0 Å². The maximum absolute atomic E-state index is 11.3. The fourth-order valence-electron chi connectivity index (χ4n) is 2.77. The first-order valence-electron chi connectivity index (χ1n) is 8.85. The first kappa shape index (κ1) is 18.4. The van der Waals surface area contributed by atoms with Crippen LogP contribution in [0.1, 0.15) is 22.3 Å². The van der Waals surface area contributed by atoms with Crippen molar-refractivity contribution in [1.82, 2.24) is 30.0 Å². The quantitative estimate of drug-likeness (QED) is 0.207. The molecular weight excluding hydrogens is 376 g/mol. The molecule has 11 nitrogen and oxygen atoms in total. The van der Waals surface area contributed by atoms with Gasteiger partial charge in [0, 0.05) is 12.1 Å². The molecule has 0 fully saturated rings. The average molecular weight is 394 g/mol. The third-order valence-electron chi connectivity index (χ3n) is 4.22. The van der Waals surface area contributed by atoms with Gasteiger partial charge in [0.2, 0.25) is 17.7 Å². The molecule has 0 atom stereocenters. The molecule has 3 aromatic heterocycles. The number of nitrogens with two attached hydrogens (primary N) is 1. The van der Waals surface area contributed by atoms with Crippen LogP contribution in [0, 0.1) is 0 Å². The molecule has 0 saturated heterocycles. The Morgan fingerprint density at radius 1 is 1.17 bits per heavy atom. The van der Waals surface area contributed by atoms with E-state index in [1.807, 2.05) is 12.1 Å². The number of hydrogen-bond acceptors (Lipinski definition) is 9. The molecule has 0 aliphatic carbocycles. The minimum Gasteiger partial charge on any atom is -0.461 e. The second-order valence-corrected chi connectivity index (χ2v) is 6.20. The SMILES string of the molecule is Nc1nc(NCCCc2ccc(C(=O)NO)cc2)nc2nc(-c3ccco3)nn12. The van der Waals surface area contributed by atoms with Crippen LogP contribution in [-0.2, 0) is 6.42 Å². The zero-order chi connectivity index (χ0) is 20.2. The summed E-state index contributed by atoms with van der Waals surface area (Å²) in [6.45, 7) is 0.619. The van der Waals surface area contributed by atoms with E-state index >= 15 is 0 Å². The fourth-order valence-corrected chi connectivity index (χ4v) is 2.77. The first-order valence-corrected chi connectivity index (χ1v) is 8.85. The molecular formula is C18H18N8O3. The van der Waals surface area contributed by atoms with Crippen molar-refractivity contribution in [2.24, 2.45) is 0 Å². The van der Waals surface area contributed by atoms with E-state index in [9.17, 15) is 4.79 Å². The van der Waals surface area contributed by atoms with Crippen molar-refractivity contribution in [3.05, 3.63) is 53.8 Å². The normalized spacial score (nSPS) is 10.9. The zero-order valence-electron chi connectivity index (χ0n) is 15.2. The molecule has 3 heterocycles. The molecule has 148 valence electrons. The number of hydroxylamine groups is 1. The fraction of sp³-hybridized carbons (Fsp3) is 0.167. The van der Waals surface area contributed by atoms with Crippen molar-refractivity contribution in [2.75, 3.05) is 17.6 Å². The third kappa shape index (κ3) is 3.99. The number of fused-ring (bicyclic) bond motifs is 1. The second-order valence-electron chi connectivity index (χ2n) is 6.20. The minimum absolute atomic E-state index is 0.167. The third-order valence-corrected chi connectivity index (χ3v) is 4.22. The molecule has 0 saturated carbocycles. The van der Waals surface area contributed by atoms with Crippen molar-refractivity contribution in [3.63, 3.8) is 0 Å². The molecule has 4 aromatic rings. The number of benzene rings is 1. The van der Waals surface area contributed by atoms with E-state index in [0.717, 1.165) is 18.4 Å². The molecule has 4 rings (SSSR count). The van der Waals surface area contributed by atoms with Crippen molar-refractivity contribution in [2.45, 2.75) is 12.8 Å². The summed E-state index contributed by atoms with van der Waals surface area (Å²) < 4.78 is 6.64. The molecule has 1 amide bonds. The molecule has 0 unspecified atom stereocenters. The highest BCUT2D eigenvalue weighted by Crippen LogP contribution is 2.17. The van der Waals surface area contributed by atoms with Gasteiger partial charge in [-0.05, 0) is 42.7 Å². The van der Waals surface area contributed by atoms with Crippen LogP contribution in [0.25, 0.3) is 17.4 Å². The van der Waals surface area contributed by atoms with E-state index in [1.54, 1.807) is 29.7 Å². The van der Waals surface area contributed by atoms with Gasteiger partial charge in [-0.25, -0.2) is 5.48 Å². The smallest absolute Gasteiger partial charge is 0.274 e. The Kier molecular flexibility index (Phi) is 5.03. The molecule has 0 aliphatic heterocycles. The van der Waals surface area contributed by atoms with Crippen LogP contribution in [-0.4, -0.2) is 42.2 Å². The Balaban J connectivity index is 1.36. The number of rotatable bonds is 7. The van der Waals surface area contributed by atoms with Crippen LogP contribution in [0.2, 0.25) is 0 Å². The summed E-state index contributed by atoms with van der Waals surface area (Å²) in [7, 11) is 0. The maximum atomic E-state index is 11.3. The molecule has 0 radical (unpaired) electrons. The maximum Gasteiger partial charge on any atom is 0.274 e. The van der Waals surface area contributed by atoms with Crippen LogP contribution in [0.5, 0.6) is 0 Å². The van der Waals surface area contributed by atoms with Gasteiger partial charge in [-0.1, -0.05) is 12.1 Å². The number of nitrogens with zero attached hydrogens (tertiary/aromatic N) is 5. The van der Waals surface area contributed by atoms with Crippen molar-refractivity contribution >= 4 is 23.6 Å². The lowest BCUT2D eigenvalue weighted by Crippen LogP contribution is -2.18. The van der Waals surface area contributed by atoms with Crippen molar-refractivity contribution in [3.8, 4) is 11.6 Å². The number of furan rings is 1. The van der Waals surface area contributed by atoms with Gasteiger partial charge in [0.1, 0.15) is 0 Å². The molecule has 1 aromatic carbocycles. The number of carbonyl (C=O) groups is 1. The van der Waals surface area contributed by atoms with Crippen LogP contribution in [0.15, 0.2) is 47.1 Å². The Morgan fingerprint density at radius 3 is 2.72 bits per heavy atom. The number of amides is 1. The standard InChI is InChI=1S/C18H18N8O3/c19-16-22-17(23-18-21-14(24-26(16)18)13-4-2-10-29-13)20-9-1-3-11-5-7-12(8-6-11)15(27)25-28/h2,4-8,10,28H,1,3,9H2,(H,25,27)(H3,19,20,21,22,23,24). The van der Waals surface area contributed by atoms with Gasteiger partial charge in [0.05, 0.1) is 6.26 Å². The monoisotopic (exact) mass is 394 g/mol. The van der Waals surface area contributed by atoms with Crippen molar-refractivity contribution in [1.29, 1.82) is 0 Å². The van der Waals surface area contributed by atoms with Crippen LogP contribution < -0.4 is 16.5 Å². The van der Waals surface area contributed by atoms with Crippen molar-refractivity contribution < 1.29 is 14.4 Å². The lowest BCUT2D eigenvalue weighted by molar-refractivity contribution is 0.0706. The van der Waals surface area contributed by atoms with Gasteiger partial charge in [0.15, 0.2) is 5.76 Å². The van der Waals surface area contributed by atoms with E-state index in [1.165, 1.54) is 10.8 Å². The van der Waals surface area contributed by atoms with Gasteiger partial charge in [0.25, 0.3) is 11.7 Å². The number of nitrogen functional groups attached to an aromatic ring is 1. The summed E-state index contributed by atoms with van der Waals surface area (Å²) in [5.74, 6) is 1.22. The number of aryl methyl sites for hydroxylation is 1. The number of hydrogen-bond donors (Lipinski definition) is 4. The molecule has 11 heteroatoms. The number of anilines is 2. The first-order chi connectivity index (χ1) is 14.1. The minimum atomic E-state index is -0.535. The van der Waals surface area contributed by atoms with E-state index in [2.05, 4.69) is 25.4 Å². The summed E-state index contributed by atoms with van der Waals surface area (Å²) >= 11 is 0. The van der Waals surface area contributed by atoms with E-state index in [4.69, 9.17) is 15.4 Å². The van der Waals surface area contributed by atoms with Crippen LogP contribution in [0.4, 0.5) is 11.9 Å². The molecule has 0 aliphatic rings. The molecule has 29 heavy (non-hydrogen) atoms. The van der Waals surface area contributed by atoms with Gasteiger partial charge < -0.3 is 15.5 Å². The number of carbonyl (C=O) groups excluding carboxylic acids is 1. The summed E-state index contributed by atoms with van der Waals surface area (Å²) in [5, 5.41) is 16.0. The highest BCUT2D eigenvalue weighted by Gasteiger charge is 2.13. The topological polar surface area (TPSA) is 156 Å². The summed E-state index contributed by atoms with van der Waals surface area (Å²) in [6, 6.07) is 10.5. The average Bonchev–Trinajstić information content (AvgIpc) is 3.41. The number of aromatic nitrogens is 5. The highest BCUT2D eigenvalue weighted by atomic mass is 16.5. The van der Waals surface area contributed by atoms with E-state index in [-0.39, 0.29) is 5.95 Å². The summed E-state index contributed by atoms with van der Waals surface area (Å²) in [6.07, 6.45) is 3.14. The second kappa shape index (κ2) is 7.94. The molecule has 0 spiro atoms. The van der Waals surface area contributed by atoms with Crippen LogP contribution in [0.3, 0.4) is 0 Å². The lowest BCUT2D eigenvalue weighted by atomic mass is 10.1. The Hall–Kier alpha value is -3.99. The van der Waals surface area contributed by atoms with E-state index < -0.39 is 5.91 Å². The Bertz CT molecular complexity index is 1120. The Morgan fingerprint density at radius 2 is 2.00 bits per heavy atom. The molecule has 5 N–H and O–H groups in total. The lowest BCUT2D eigenvalue weighted by Gasteiger charge is -2.06. The summed E-state index contributed by atoms with van der Waals surface area (Å²) in [5.41, 5.74) is 9.03. The largest absolute Gasteiger partial charge is 0.461 e.